The molecule has 0 aliphatic carbocycles. The molecule has 1 unspecified atom stereocenters. The van der Waals surface area contributed by atoms with Gasteiger partial charge in [-0.05, 0) is 37.6 Å². The first kappa shape index (κ1) is 19.9. The van der Waals surface area contributed by atoms with Crippen LogP contribution in [0.2, 0.25) is 0 Å². The first-order chi connectivity index (χ1) is 13.3. The molecule has 1 aliphatic heterocycles. The van der Waals surface area contributed by atoms with E-state index in [0.29, 0.717) is 23.5 Å². The van der Waals surface area contributed by atoms with Gasteiger partial charge < -0.3 is 10.1 Å². The van der Waals surface area contributed by atoms with E-state index < -0.39 is 16.1 Å². The number of benzene rings is 2. The molecule has 0 fully saturated rings. The molecule has 2 aromatic rings. The van der Waals surface area contributed by atoms with Gasteiger partial charge in [0.15, 0.2) is 11.9 Å². The predicted octanol–water partition coefficient (Wildman–Crippen LogP) is 2.37. The summed E-state index contributed by atoms with van der Waals surface area (Å²) in [4.78, 5) is 24.1. The third-order valence-electron chi connectivity index (χ3n) is 4.41. The summed E-state index contributed by atoms with van der Waals surface area (Å²) in [5.74, 6) is -0.276. The lowest BCUT2D eigenvalue weighted by atomic mass is 10.2. The van der Waals surface area contributed by atoms with E-state index >= 15 is 0 Å². The Morgan fingerprint density at radius 1 is 1.18 bits per heavy atom. The lowest BCUT2D eigenvalue weighted by Crippen LogP contribution is -2.50. The topological polar surface area (TPSA) is 92.8 Å². The third kappa shape index (κ3) is 3.87. The average molecular weight is 402 g/mol. The Balaban J connectivity index is 2.02. The van der Waals surface area contributed by atoms with Gasteiger partial charge in [0, 0.05) is 12.1 Å². The molecule has 1 N–H and O–H groups in total. The summed E-state index contributed by atoms with van der Waals surface area (Å²) in [6.07, 6.45) is -0.207. The van der Waals surface area contributed by atoms with Crippen LogP contribution in [-0.2, 0) is 14.8 Å². The molecular weight excluding hydrogens is 380 g/mol. The molecular formula is C20H22N2O5S. The second-order valence-corrected chi connectivity index (χ2v) is 8.35. The highest BCUT2D eigenvalue weighted by molar-refractivity contribution is 7.92. The number of ketones is 1. The SMILES string of the molecule is CCCNC(=O)C1CN(S(=O)(=O)c2cccc(C(C)=O)c2)c2ccccc2O1. The zero-order chi connectivity index (χ0) is 20.3. The molecule has 8 heteroatoms. The molecule has 0 radical (unpaired) electrons. The van der Waals surface area contributed by atoms with Crippen LogP contribution >= 0.6 is 0 Å². The quantitative estimate of drug-likeness (QED) is 0.749. The summed E-state index contributed by atoms with van der Waals surface area (Å²) in [5, 5.41) is 2.74. The molecule has 0 aromatic heterocycles. The largest absolute Gasteiger partial charge is 0.476 e. The fourth-order valence-electron chi connectivity index (χ4n) is 2.93. The summed E-state index contributed by atoms with van der Waals surface area (Å²) in [7, 11) is -4.00. The summed E-state index contributed by atoms with van der Waals surface area (Å²) in [6.45, 7) is 3.63. The van der Waals surface area contributed by atoms with Crippen LogP contribution in [0.4, 0.5) is 5.69 Å². The number of nitrogens with one attached hydrogen (secondary N) is 1. The van der Waals surface area contributed by atoms with Crippen LogP contribution < -0.4 is 14.4 Å². The van der Waals surface area contributed by atoms with Gasteiger partial charge in [0.05, 0.1) is 17.1 Å². The van der Waals surface area contributed by atoms with Crippen molar-refractivity contribution in [1.82, 2.24) is 5.32 Å². The Labute approximate surface area is 164 Å². The second kappa shape index (κ2) is 8.02. The van der Waals surface area contributed by atoms with Crippen molar-refractivity contribution < 1.29 is 22.7 Å². The number of amides is 1. The van der Waals surface area contributed by atoms with Gasteiger partial charge in [-0.3, -0.25) is 13.9 Å². The van der Waals surface area contributed by atoms with Crippen LogP contribution in [0.3, 0.4) is 0 Å². The molecule has 148 valence electrons. The maximum atomic E-state index is 13.3. The lowest BCUT2D eigenvalue weighted by Gasteiger charge is -2.34. The van der Waals surface area contributed by atoms with E-state index in [2.05, 4.69) is 5.32 Å². The van der Waals surface area contributed by atoms with E-state index in [1.807, 2.05) is 6.92 Å². The number of rotatable bonds is 6. The monoisotopic (exact) mass is 402 g/mol. The highest BCUT2D eigenvalue weighted by Gasteiger charge is 2.37. The van der Waals surface area contributed by atoms with E-state index in [4.69, 9.17) is 4.74 Å². The fourth-order valence-corrected chi connectivity index (χ4v) is 4.45. The number of hydrogen-bond acceptors (Lipinski definition) is 5. The van der Waals surface area contributed by atoms with Crippen LogP contribution in [0, 0.1) is 0 Å². The van der Waals surface area contributed by atoms with Gasteiger partial charge in [0.2, 0.25) is 0 Å². The van der Waals surface area contributed by atoms with Gasteiger partial charge in [0.1, 0.15) is 5.75 Å². The Bertz CT molecular complexity index is 1000. The second-order valence-electron chi connectivity index (χ2n) is 6.49. The summed E-state index contributed by atoms with van der Waals surface area (Å²) in [6, 6.07) is 12.6. The molecule has 1 amide bonds. The normalized spacial score (nSPS) is 16.1. The summed E-state index contributed by atoms with van der Waals surface area (Å²) >= 11 is 0. The van der Waals surface area contributed by atoms with Crippen LogP contribution in [-0.4, -0.2) is 39.3 Å². The summed E-state index contributed by atoms with van der Waals surface area (Å²) in [5.41, 5.74) is 0.662. The summed E-state index contributed by atoms with van der Waals surface area (Å²) < 4.78 is 33.6. The van der Waals surface area contributed by atoms with E-state index in [1.165, 1.54) is 29.4 Å². The van der Waals surface area contributed by atoms with Crippen molar-refractivity contribution >= 4 is 27.4 Å². The molecule has 2 aromatic carbocycles. The number of Topliss-reactive ketones (excluding diaryl/α,β-unsaturated/α-hetero) is 1. The number of para-hydroxylation sites is 2. The van der Waals surface area contributed by atoms with E-state index in [9.17, 15) is 18.0 Å². The number of carbonyl (C=O) groups is 2. The maximum Gasteiger partial charge on any atom is 0.264 e. The third-order valence-corrected chi connectivity index (χ3v) is 6.18. The van der Waals surface area contributed by atoms with Gasteiger partial charge >= 0.3 is 0 Å². The van der Waals surface area contributed by atoms with Crippen LogP contribution in [0.5, 0.6) is 5.75 Å². The van der Waals surface area contributed by atoms with Crippen LogP contribution in [0.15, 0.2) is 53.4 Å². The smallest absolute Gasteiger partial charge is 0.264 e. The number of nitrogens with zero attached hydrogens (tertiary/aromatic N) is 1. The Kier molecular flexibility index (Phi) is 5.69. The number of sulfonamides is 1. The van der Waals surface area contributed by atoms with Crippen molar-refractivity contribution in [2.75, 3.05) is 17.4 Å². The van der Waals surface area contributed by atoms with Crippen LogP contribution in [0.25, 0.3) is 0 Å². The highest BCUT2D eigenvalue weighted by Crippen LogP contribution is 2.36. The first-order valence-electron chi connectivity index (χ1n) is 9.01. The lowest BCUT2D eigenvalue weighted by molar-refractivity contribution is -0.127. The Morgan fingerprint density at radius 2 is 1.93 bits per heavy atom. The molecule has 1 atom stereocenters. The average Bonchev–Trinajstić information content (AvgIpc) is 2.71. The van der Waals surface area contributed by atoms with Crippen molar-refractivity contribution in [2.45, 2.75) is 31.3 Å². The van der Waals surface area contributed by atoms with Gasteiger partial charge in [-0.1, -0.05) is 31.2 Å². The van der Waals surface area contributed by atoms with Crippen LogP contribution in [0.1, 0.15) is 30.6 Å². The molecule has 1 aliphatic rings. The minimum absolute atomic E-state index is 0.00961. The standard InChI is InChI=1S/C20H22N2O5S/c1-3-11-21-20(24)19-13-22(17-9-4-5-10-18(17)27-19)28(25,26)16-8-6-7-15(12-16)14(2)23/h4-10,12,19H,3,11,13H2,1-2H3,(H,21,24). The molecule has 0 saturated heterocycles. The van der Waals surface area contributed by atoms with Gasteiger partial charge in [-0.2, -0.15) is 0 Å². The Hall–Kier alpha value is -2.87. The molecule has 1 heterocycles. The number of hydrogen-bond donors (Lipinski definition) is 1. The van der Waals surface area contributed by atoms with Gasteiger partial charge in [0.25, 0.3) is 15.9 Å². The van der Waals surface area contributed by atoms with Gasteiger partial charge in [-0.25, -0.2) is 8.42 Å². The maximum absolute atomic E-state index is 13.3. The van der Waals surface area contributed by atoms with E-state index in [-0.39, 0.29) is 23.1 Å². The van der Waals surface area contributed by atoms with Crippen molar-refractivity contribution in [2.24, 2.45) is 0 Å². The van der Waals surface area contributed by atoms with Crippen molar-refractivity contribution in [3.8, 4) is 5.75 Å². The van der Waals surface area contributed by atoms with Crippen molar-refractivity contribution in [1.29, 1.82) is 0 Å². The first-order valence-corrected chi connectivity index (χ1v) is 10.5. The van der Waals surface area contributed by atoms with Crippen molar-refractivity contribution in [3.05, 3.63) is 54.1 Å². The minimum atomic E-state index is -4.00. The molecule has 0 bridgehead atoms. The fraction of sp³-hybridized carbons (Fsp3) is 0.300. The van der Waals surface area contributed by atoms with Gasteiger partial charge in [-0.15, -0.1) is 0 Å². The number of anilines is 1. The zero-order valence-corrected chi connectivity index (χ0v) is 16.5. The molecule has 7 nitrogen and oxygen atoms in total. The van der Waals surface area contributed by atoms with E-state index in [1.54, 1.807) is 30.3 Å². The molecule has 28 heavy (non-hydrogen) atoms. The predicted molar refractivity (Wildman–Crippen MR) is 105 cm³/mol. The number of ether oxygens (including phenoxy) is 1. The zero-order valence-electron chi connectivity index (χ0n) is 15.7. The highest BCUT2D eigenvalue weighted by atomic mass is 32.2. The molecule has 0 spiro atoms. The number of fused-ring (bicyclic) bond motifs is 1. The Morgan fingerprint density at radius 3 is 2.64 bits per heavy atom. The molecule has 3 rings (SSSR count). The van der Waals surface area contributed by atoms with Crippen molar-refractivity contribution in [3.63, 3.8) is 0 Å². The number of carbonyl (C=O) groups excluding carboxylic acids is 2. The minimum Gasteiger partial charge on any atom is -0.476 e. The van der Waals surface area contributed by atoms with E-state index in [0.717, 1.165) is 6.42 Å². The molecule has 0 saturated carbocycles.